The molecule has 1 rings (SSSR count). The van der Waals surface area contributed by atoms with Gasteiger partial charge in [0.1, 0.15) is 0 Å². The Bertz CT molecular complexity index is 270. The zero-order chi connectivity index (χ0) is 9.03. The Hall–Kier alpha value is -1.55. The molecular formula is C8H10N4. The van der Waals surface area contributed by atoms with Crippen molar-refractivity contribution in [2.75, 3.05) is 0 Å². The van der Waals surface area contributed by atoms with E-state index in [0.29, 0.717) is 6.42 Å². The minimum absolute atomic E-state index is 0.553. The second kappa shape index (κ2) is 3.23. The maximum atomic E-state index is 8.91. The van der Waals surface area contributed by atoms with Crippen LogP contribution in [0, 0.1) is 22.7 Å². The van der Waals surface area contributed by atoms with E-state index in [1.807, 2.05) is 13.0 Å². The molecule has 0 saturated carbocycles. The van der Waals surface area contributed by atoms with Gasteiger partial charge in [-0.1, -0.05) is 13.3 Å². The smallest absolute Gasteiger partial charge is 0.174 e. The first kappa shape index (κ1) is 8.55. The summed E-state index contributed by atoms with van der Waals surface area (Å²) < 4.78 is 0. The van der Waals surface area contributed by atoms with Crippen LogP contribution in [-0.2, 0) is 0 Å². The predicted molar refractivity (Wildman–Crippen MR) is 44.3 cm³/mol. The van der Waals surface area contributed by atoms with Crippen molar-refractivity contribution in [1.82, 2.24) is 5.32 Å². The number of aliphatic imine (C=N–C) groups is 1. The minimum atomic E-state index is -0.774. The van der Waals surface area contributed by atoms with Crippen molar-refractivity contribution in [2.24, 2.45) is 4.99 Å². The number of nitrogens with one attached hydrogen (secondary N) is 1. The maximum absolute atomic E-state index is 8.91. The van der Waals surface area contributed by atoms with Crippen LogP contribution in [0.3, 0.4) is 0 Å². The van der Waals surface area contributed by atoms with Crippen molar-refractivity contribution in [3.8, 4) is 12.1 Å². The number of nitriles is 2. The molecule has 1 aliphatic heterocycles. The molecule has 0 aromatic heterocycles. The van der Waals surface area contributed by atoms with Crippen LogP contribution in [0.15, 0.2) is 4.99 Å². The molecule has 62 valence electrons. The molecule has 0 amide bonds. The van der Waals surface area contributed by atoms with Crippen LogP contribution in [0.2, 0.25) is 0 Å². The van der Waals surface area contributed by atoms with Gasteiger partial charge in [-0.2, -0.15) is 10.5 Å². The summed E-state index contributed by atoms with van der Waals surface area (Å²) in [6, 6.07) is 3.58. The first-order chi connectivity index (χ1) is 5.79. The average Bonchev–Trinajstić information content (AvgIpc) is 2.49. The molecule has 1 aliphatic rings. The third kappa shape index (κ3) is 1.12. The Morgan fingerprint density at radius 3 is 2.92 bits per heavy atom. The Balaban J connectivity index is 2.83. The first-order valence-corrected chi connectivity index (χ1v) is 3.89. The van der Waals surface area contributed by atoms with Crippen LogP contribution < -0.4 is 5.32 Å². The zero-order valence-electron chi connectivity index (χ0n) is 6.91. The highest BCUT2D eigenvalue weighted by Crippen LogP contribution is 2.21. The molecule has 4 heteroatoms. The van der Waals surface area contributed by atoms with Crippen molar-refractivity contribution in [2.45, 2.75) is 31.3 Å². The van der Waals surface area contributed by atoms with Crippen LogP contribution in [0.5, 0.6) is 0 Å². The van der Waals surface area contributed by atoms with Crippen molar-refractivity contribution in [3.63, 3.8) is 0 Å². The second-order valence-corrected chi connectivity index (χ2v) is 2.79. The summed E-state index contributed by atoms with van der Waals surface area (Å²) in [7, 11) is 0. The molecule has 0 radical (unpaired) electrons. The summed E-state index contributed by atoms with van der Waals surface area (Å²) in [5.41, 5.74) is -0.774. The third-order valence-electron chi connectivity index (χ3n) is 1.98. The third-order valence-corrected chi connectivity index (χ3v) is 1.98. The predicted octanol–water partition coefficient (Wildman–Crippen LogP) is 0.573. The van der Waals surface area contributed by atoms with E-state index in [0.717, 1.165) is 6.42 Å². The van der Waals surface area contributed by atoms with Gasteiger partial charge >= 0.3 is 0 Å². The normalized spacial score (nSPS) is 32.1. The van der Waals surface area contributed by atoms with E-state index in [1.54, 1.807) is 0 Å². The van der Waals surface area contributed by atoms with Gasteiger partial charge in [0.05, 0.1) is 18.5 Å². The molecular weight excluding hydrogens is 152 g/mol. The Morgan fingerprint density at radius 1 is 1.67 bits per heavy atom. The Morgan fingerprint density at radius 2 is 2.42 bits per heavy atom. The van der Waals surface area contributed by atoms with Gasteiger partial charge in [-0.15, -0.1) is 0 Å². The number of hydrogen-bond acceptors (Lipinski definition) is 4. The van der Waals surface area contributed by atoms with E-state index in [9.17, 15) is 0 Å². The van der Waals surface area contributed by atoms with Crippen LogP contribution in [0.1, 0.15) is 19.8 Å². The van der Waals surface area contributed by atoms with Crippen LogP contribution in [-0.4, -0.2) is 17.9 Å². The van der Waals surface area contributed by atoms with Gasteiger partial charge in [0, 0.05) is 0 Å². The number of nitrogens with zero attached hydrogens (tertiary/aromatic N) is 3. The van der Waals surface area contributed by atoms with Gasteiger partial charge in [-0.25, -0.2) is 0 Å². The summed E-state index contributed by atoms with van der Waals surface area (Å²) >= 11 is 0. The van der Waals surface area contributed by atoms with Gasteiger partial charge in [-0.05, 0) is 6.42 Å². The molecule has 4 nitrogen and oxygen atoms in total. The molecule has 0 saturated heterocycles. The van der Waals surface area contributed by atoms with E-state index in [2.05, 4.69) is 16.4 Å². The number of rotatable bonds is 2. The monoisotopic (exact) mass is 162 g/mol. The van der Waals surface area contributed by atoms with Crippen molar-refractivity contribution < 1.29 is 0 Å². The molecule has 12 heavy (non-hydrogen) atoms. The highest BCUT2D eigenvalue weighted by atomic mass is 15.1. The lowest BCUT2D eigenvalue weighted by Crippen LogP contribution is -2.46. The summed E-state index contributed by atoms with van der Waals surface area (Å²) in [4.78, 5) is 3.88. The van der Waals surface area contributed by atoms with Crippen LogP contribution >= 0.6 is 0 Å². The summed E-state index contributed by atoms with van der Waals surface area (Å²) in [6.07, 6.45) is 2.97. The lowest BCUT2D eigenvalue weighted by atomic mass is 9.89. The fraction of sp³-hybridized carbons (Fsp3) is 0.625. The summed E-state index contributed by atoms with van der Waals surface area (Å²) in [5, 5.41) is 20.5. The van der Waals surface area contributed by atoms with Crippen molar-refractivity contribution in [3.05, 3.63) is 0 Å². The fourth-order valence-corrected chi connectivity index (χ4v) is 1.33. The maximum Gasteiger partial charge on any atom is 0.174 e. The largest absolute Gasteiger partial charge is 0.356 e. The van der Waals surface area contributed by atoms with Crippen molar-refractivity contribution in [1.29, 1.82) is 10.5 Å². The van der Waals surface area contributed by atoms with Crippen LogP contribution in [0.4, 0.5) is 0 Å². The highest BCUT2D eigenvalue weighted by Gasteiger charge is 2.41. The molecule has 0 aromatic carbocycles. The quantitative estimate of drug-likeness (QED) is 0.645. The van der Waals surface area contributed by atoms with E-state index in [-0.39, 0.29) is 0 Å². The van der Waals surface area contributed by atoms with Gasteiger partial charge in [0.15, 0.2) is 11.6 Å². The lowest BCUT2D eigenvalue weighted by molar-refractivity contribution is 0.438. The summed E-state index contributed by atoms with van der Waals surface area (Å²) in [6.45, 7) is 1.98. The molecule has 0 aromatic rings. The molecule has 1 heterocycles. The topological polar surface area (TPSA) is 72.0 Å². The Kier molecular flexibility index (Phi) is 2.30. The molecule has 2 unspecified atom stereocenters. The van der Waals surface area contributed by atoms with Crippen molar-refractivity contribution >= 4 is 6.34 Å². The standard InChI is InChI=1S/C8H10N4/c1-2-3-8(5-10)7(4-9)11-6-12-8/h6-7H,2-3H2,1H3,(H,11,12). The molecule has 0 bridgehead atoms. The van der Waals surface area contributed by atoms with E-state index < -0.39 is 11.6 Å². The van der Waals surface area contributed by atoms with Gasteiger partial charge < -0.3 is 5.32 Å². The Labute approximate surface area is 71.5 Å². The molecule has 2 atom stereocenters. The van der Waals surface area contributed by atoms with E-state index in [4.69, 9.17) is 10.5 Å². The highest BCUT2D eigenvalue weighted by molar-refractivity contribution is 5.63. The molecule has 0 spiro atoms. The fourth-order valence-electron chi connectivity index (χ4n) is 1.33. The SMILES string of the molecule is CCCC1(C#N)NC=NC1C#N. The molecule has 0 aliphatic carbocycles. The first-order valence-electron chi connectivity index (χ1n) is 3.89. The average molecular weight is 162 g/mol. The lowest BCUT2D eigenvalue weighted by Gasteiger charge is -2.22. The van der Waals surface area contributed by atoms with Gasteiger partial charge in [0.25, 0.3) is 0 Å². The molecule has 0 fully saturated rings. The van der Waals surface area contributed by atoms with Gasteiger partial charge in [0.2, 0.25) is 0 Å². The van der Waals surface area contributed by atoms with E-state index in [1.165, 1.54) is 6.34 Å². The number of hydrogen-bond donors (Lipinski definition) is 1. The summed E-state index contributed by atoms with van der Waals surface area (Å²) in [5.74, 6) is 0. The zero-order valence-corrected chi connectivity index (χ0v) is 6.91. The second-order valence-electron chi connectivity index (χ2n) is 2.79. The minimum Gasteiger partial charge on any atom is -0.356 e. The van der Waals surface area contributed by atoms with E-state index >= 15 is 0 Å². The van der Waals surface area contributed by atoms with Gasteiger partial charge in [-0.3, -0.25) is 4.99 Å². The molecule has 1 N–H and O–H groups in total. The van der Waals surface area contributed by atoms with Crippen LogP contribution in [0.25, 0.3) is 0 Å².